The molecule has 0 atom stereocenters. The average molecular weight is 178 g/mol. The van der Waals surface area contributed by atoms with Gasteiger partial charge in [0, 0.05) is 12.8 Å². The first-order valence-corrected chi connectivity index (χ1v) is 4.48. The van der Waals surface area contributed by atoms with Crippen LogP contribution >= 0.6 is 0 Å². The molecule has 0 spiro atoms. The van der Waals surface area contributed by atoms with Crippen molar-refractivity contribution in [1.82, 2.24) is 0 Å². The Kier molecular flexibility index (Phi) is 6.70. The molecule has 72 valence electrons. The highest BCUT2D eigenvalue weighted by molar-refractivity contribution is 5.05. The van der Waals surface area contributed by atoms with Crippen molar-refractivity contribution in [3.8, 4) is 0 Å². The van der Waals surface area contributed by atoms with E-state index in [0.29, 0.717) is 0 Å². The maximum Gasteiger partial charge on any atom is 0.103 e. The van der Waals surface area contributed by atoms with Crippen LogP contribution in [0.4, 0.5) is 0 Å². The Morgan fingerprint density at radius 3 is 1.62 bits per heavy atom. The largest absolute Gasteiger partial charge is 0.466 e. The second-order valence-corrected chi connectivity index (χ2v) is 2.60. The minimum absolute atomic E-state index is 0.769. The normalized spacial score (nSPS) is 12.5. The molecular formula is C12H18O. The molecule has 0 aromatic rings. The molecule has 0 aromatic heterocycles. The second-order valence-electron chi connectivity index (χ2n) is 2.60. The first-order chi connectivity index (χ1) is 6.28. The Bertz CT molecular complexity index is 197. The third-order valence-corrected chi connectivity index (χ3v) is 1.60. The topological polar surface area (TPSA) is 9.23 Å². The van der Waals surface area contributed by atoms with E-state index in [0.717, 1.165) is 24.4 Å². The Hall–Kier alpha value is -1.24. The molecule has 0 aromatic carbocycles. The molecular weight excluding hydrogens is 160 g/mol. The predicted octanol–water partition coefficient (Wildman–Crippen LogP) is 3.96. The minimum atomic E-state index is 0.769. The van der Waals surface area contributed by atoms with Gasteiger partial charge in [0.25, 0.3) is 0 Å². The van der Waals surface area contributed by atoms with Gasteiger partial charge < -0.3 is 4.74 Å². The molecule has 0 fully saturated rings. The zero-order valence-corrected chi connectivity index (χ0v) is 8.55. The third-order valence-electron chi connectivity index (χ3n) is 1.60. The molecule has 0 saturated carbocycles. The fourth-order valence-corrected chi connectivity index (χ4v) is 0.890. The zero-order valence-electron chi connectivity index (χ0n) is 8.55. The van der Waals surface area contributed by atoms with Crippen molar-refractivity contribution in [1.29, 1.82) is 0 Å². The fraction of sp³-hybridized carbons (Fsp3) is 0.333. The van der Waals surface area contributed by atoms with Gasteiger partial charge in [0.15, 0.2) is 0 Å². The molecule has 0 amide bonds. The summed E-state index contributed by atoms with van der Waals surface area (Å²) in [6.45, 7) is 11.3. The van der Waals surface area contributed by atoms with Crippen LogP contribution in [0.3, 0.4) is 0 Å². The van der Waals surface area contributed by atoms with E-state index in [-0.39, 0.29) is 0 Å². The Morgan fingerprint density at radius 2 is 1.38 bits per heavy atom. The molecule has 0 saturated heterocycles. The molecule has 0 N–H and O–H groups in total. The zero-order chi connectivity index (χ0) is 10.1. The molecule has 0 aliphatic carbocycles. The molecule has 13 heavy (non-hydrogen) atoms. The van der Waals surface area contributed by atoms with E-state index in [4.69, 9.17) is 4.74 Å². The highest BCUT2D eigenvalue weighted by Crippen LogP contribution is 2.13. The van der Waals surface area contributed by atoms with Gasteiger partial charge in [-0.3, -0.25) is 0 Å². The number of allylic oxidation sites excluding steroid dienone is 4. The van der Waals surface area contributed by atoms with Gasteiger partial charge in [0.2, 0.25) is 0 Å². The molecule has 1 nitrogen and oxygen atoms in total. The molecule has 0 aliphatic heterocycles. The summed E-state index contributed by atoms with van der Waals surface area (Å²) in [5.41, 5.74) is 0. The summed E-state index contributed by atoms with van der Waals surface area (Å²) in [6, 6.07) is 0. The van der Waals surface area contributed by atoms with E-state index < -0.39 is 0 Å². The van der Waals surface area contributed by atoms with Gasteiger partial charge in [-0.1, -0.05) is 12.2 Å². The van der Waals surface area contributed by atoms with Crippen molar-refractivity contribution in [2.45, 2.75) is 26.7 Å². The van der Waals surface area contributed by atoms with Crippen LogP contribution in [-0.4, -0.2) is 0 Å². The summed E-state index contributed by atoms with van der Waals surface area (Å²) in [7, 11) is 0. The summed E-state index contributed by atoms with van der Waals surface area (Å²) in [5, 5.41) is 0. The van der Waals surface area contributed by atoms with Gasteiger partial charge in [-0.2, -0.15) is 0 Å². The smallest absolute Gasteiger partial charge is 0.103 e. The monoisotopic (exact) mass is 178 g/mol. The van der Waals surface area contributed by atoms with E-state index in [1.807, 2.05) is 38.2 Å². The molecule has 1 heteroatoms. The lowest BCUT2D eigenvalue weighted by Gasteiger charge is -2.09. The first-order valence-electron chi connectivity index (χ1n) is 4.48. The lowest BCUT2D eigenvalue weighted by molar-refractivity contribution is 0.290. The minimum Gasteiger partial charge on any atom is -0.466 e. The number of ether oxygens (including phenoxy) is 1. The third kappa shape index (κ3) is 5.07. The van der Waals surface area contributed by atoms with Crippen LogP contribution in [0.15, 0.2) is 49.0 Å². The summed E-state index contributed by atoms with van der Waals surface area (Å²) in [4.78, 5) is 0. The highest BCUT2D eigenvalue weighted by Gasteiger charge is 1.98. The highest BCUT2D eigenvalue weighted by atomic mass is 16.5. The average Bonchev–Trinajstić information content (AvgIpc) is 2.16. The van der Waals surface area contributed by atoms with Crippen LogP contribution in [-0.2, 0) is 4.74 Å². The van der Waals surface area contributed by atoms with E-state index in [2.05, 4.69) is 13.2 Å². The molecule has 0 unspecified atom stereocenters. The summed E-state index contributed by atoms with van der Waals surface area (Å²) >= 11 is 0. The van der Waals surface area contributed by atoms with Gasteiger partial charge >= 0.3 is 0 Å². The fourth-order valence-electron chi connectivity index (χ4n) is 0.890. The van der Waals surface area contributed by atoms with Crippen molar-refractivity contribution in [3.05, 3.63) is 49.0 Å². The Labute approximate surface area is 81.1 Å². The summed E-state index contributed by atoms with van der Waals surface area (Å²) in [6.07, 6.45) is 9.10. The predicted molar refractivity (Wildman–Crippen MR) is 58.2 cm³/mol. The number of rotatable bonds is 6. The van der Waals surface area contributed by atoms with Crippen molar-refractivity contribution in [3.63, 3.8) is 0 Å². The van der Waals surface area contributed by atoms with Crippen LogP contribution in [0.1, 0.15) is 26.7 Å². The number of hydrogen-bond donors (Lipinski definition) is 0. The van der Waals surface area contributed by atoms with Gasteiger partial charge in [0.05, 0.1) is 0 Å². The van der Waals surface area contributed by atoms with Crippen molar-refractivity contribution >= 4 is 0 Å². The van der Waals surface area contributed by atoms with Crippen molar-refractivity contribution in [2.75, 3.05) is 0 Å². The standard InChI is InChI=1S/C12H18O/c1-5-9-11(7-3)13-12(8-4)10-6-2/h5-8H,1-2,9-10H2,3-4H3. The number of hydrogen-bond acceptors (Lipinski definition) is 1. The summed E-state index contributed by atoms with van der Waals surface area (Å²) < 4.78 is 5.61. The van der Waals surface area contributed by atoms with Crippen molar-refractivity contribution in [2.24, 2.45) is 0 Å². The molecule has 0 bridgehead atoms. The maximum absolute atomic E-state index is 5.61. The van der Waals surface area contributed by atoms with E-state index in [1.54, 1.807) is 0 Å². The summed E-state index contributed by atoms with van der Waals surface area (Å²) in [5.74, 6) is 1.87. The lowest BCUT2D eigenvalue weighted by Crippen LogP contribution is -1.91. The first kappa shape index (κ1) is 11.8. The van der Waals surface area contributed by atoms with Crippen LogP contribution in [0.25, 0.3) is 0 Å². The van der Waals surface area contributed by atoms with Crippen LogP contribution in [0.2, 0.25) is 0 Å². The molecule has 0 rings (SSSR count). The van der Waals surface area contributed by atoms with Gasteiger partial charge in [-0.25, -0.2) is 0 Å². The molecule has 0 heterocycles. The van der Waals surface area contributed by atoms with Crippen LogP contribution in [0, 0.1) is 0 Å². The second kappa shape index (κ2) is 7.41. The van der Waals surface area contributed by atoms with Crippen LogP contribution in [0.5, 0.6) is 0 Å². The maximum atomic E-state index is 5.61. The Morgan fingerprint density at radius 1 is 1.00 bits per heavy atom. The quantitative estimate of drug-likeness (QED) is 0.442. The molecule has 0 aliphatic rings. The van der Waals surface area contributed by atoms with E-state index in [9.17, 15) is 0 Å². The van der Waals surface area contributed by atoms with Crippen LogP contribution < -0.4 is 0 Å². The lowest BCUT2D eigenvalue weighted by atomic mass is 10.3. The van der Waals surface area contributed by atoms with Gasteiger partial charge in [-0.15, -0.1) is 13.2 Å². The van der Waals surface area contributed by atoms with Gasteiger partial charge in [0.1, 0.15) is 11.5 Å². The van der Waals surface area contributed by atoms with Gasteiger partial charge in [-0.05, 0) is 26.0 Å². The van der Waals surface area contributed by atoms with E-state index >= 15 is 0 Å². The Balaban J connectivity index is 4.20. The van der Waals surface area contributed by atoms with Crippen molar-refractivity contribution < 1.29 is 4.74 Å². The van der Waals surface area contributed by atoms with E-state index in [1.165, 1.54) is 0 Å². The molecule has 0 radical (unpaired) electrons. The SMILES string of the molecule is C=CCC(=CC)OC(=CC)CC=C.